The monoisotopic (exact) mass is 324 g/mol. The molecule has 0 heterocycles. The van der Waals surface area contributed by atoms with Gasteiger partial charge in [-0.25, -0.2) is 9.18 Å². The number of benzene rings is 1. The van der Waals surface area contributed by atoms with Crippen molar-refractivity contribution in [3.8, 4) is 0 Å². The van der Waals surface area contributed by atoms with E-state index in [9.17, 15) is 14.3 Å². The topological polar surface area (TPSA) is 70.6 Å². The molecule has 0 radical (unpaired) electrons. The van der Waals surface area contributed by atoms with Gasteiger partial charge in [-0.15, -0.1) is 0 Å². The van der Waals surface area contributed by atoms with Crippen LogP contribution in [0, 0.1) is 11.7 Å². The van der Waals surface area contributed by atoms with Crippen LogP contribution in [-0.2, 0) is 4.74 Å². The van der Waals surface area contributed by atoms with E-state index in [0.717, 1.165) is 31.2 Å². The molecule has 3 unspecified atom stereocenters. The third-order valence-corrected chi connectivity index (χ3v) is 4.43. The summed E-state index contributed by atoms with van der Waals surface area (Å²) in [6.07, 6.45) is 3.67. The highest BCUT2D eigenvalue weighted by atomic mass is 19.1. The van der Waals surface area contributed by atoms with Gasteiger partial charge in [0, 0.05) is 32.2 Å². The highest BCUT2D eigenvalue weighted by molar-refractivity contribution is 5.74. The molecular weight excluding hydrogens is 299 g/mol. The molecule has 0 bridgehead atoms. The number of methoxy groups -OCH3 is 1. The van der Waals surface area contributed by atoms with Gasteiger partial charge in [0.1, 0.15) is 5.82 Å². The van der Waals surface area contributed by atoms with Crippen LogP contribution in [-0.4, -0.2) is 37.4 Å². The van der Waals surface area contributed by atoms with Gasteiger partial charge in [0.25, 0.3) is 0 Å². The van der Waals surface area contributed by atoms with E-state index in [1.54, 1.807) is 19.2 Å². The van der Waals surface area contributed by atoms with Crippen LogP contribution in [0.1, 0.15) is 37.4 Å². The quantitative estimate of drug-likeness (QED) is 0.752. The summed E-state index contributed by atoms with van der Waals surface area (Å²) < 4.78 is 18.3. The molecule has 1 aliphatic rings. The fourth-order valence-corrected chi connectivity index (χ4v) is 3.04. The fraction of sp³-hybridized carbons (Fsp3) is 0.588. The van der Waals surface area contributed by atoms with Gasteiger partial charge >= 0.3 is 6.03 Å². The van der Waals surface area contributed by atoms with Gasteiger partial charge in [0.05, 0.1) is 6.10 Å². The van der Waals surface area contributed by atoms with Gasteiger partial charge < -0.3 is 20.5 Å². The Kier molecular flexibility index (Phi) is 6.80. The van der Waals surface area contributed by atoms with Crippen molar-refractivity contribution in [1.82, 2.24) is 10.6 Å². The first kappa shape index (κ1) is 17.7. The summed E-state index contributed by atoms with van der Waals surface area (Å²) >= 11 is 0. The van der Waals surface area contributed by atoms with Crippen LogP contribution in [0.4, 0.5) is 9.18 Å². The summed E-state index contributed by atoms with van der Waals surface area (Å²) in [6, 6.07) is 5.78. The largest absolute Gasteiger partial charge is 0.396 e. The smallest absolute Gasteiger partial charge is 0.315 e. The van der Waals surface area contributed by atoms with Crippen LogP contribution in [0.15, 0.2) is 24.3 Å². The Morgan fingerprint density at radius 2 is 2.04 bits per heavy atom. The maximum absolute atomic E-state index is 13.0. The third-order valence-electron chi connectivity index (χ3n) is 4.43. The highest BCUT2D eigenvalue weighted by Crippen LogP contribution is 2.24. The molecule has 2 rings (SSSR count). The predicted octanol–water partition coefficient (Wildman–Crippen LogP) is 2.36. The number of carbonyl (C=O) groups is 1. The second-order valence-electron chi connectivity index (χ2n) is 5.96. The molecule has 6 heteroatoms. The molecular formula is C17H25FN2O3. The lowest BCUT2D eigenvalue weighted by atomic mass is 9.85. The van der Waals surface area contributed by atoms with Crippen molar-refractivity contribution in [2.24, 2.45) is 5.92 Å². The van der Waals surface area contributed by atoms with E-state index in [2.05, 4.69) is 10.6 Å². The average Bonchev–Trinajstić information content (AvgIpc) is 2.57. The van der Waals surface area contributed by atoms with Gasteiger partial charge in [-0.3, -0.25) is 0 Å². The first-order valence-corrected chi connectivity index (χ1v) is 8.07. The second-order valence-corrected chi connectivity index (χ2v) is 5.96. The molecule has 0 aliphatic heterocycles. The second kappa shape index (κ2) is 8.84. The Labute approximate surface area is 136 Å². The zero-order chi connectivity index (χ0) is 16.7. The van der Waals surface area contributed by atoms with E-state index < -0.39 is 0 Å². The van der Waals surface area contributed by atoms with Crippen LogP contribution in [0.3, 0.4) is 0 Å². The van der Waals surface area contributed by atoms with Crippen molar-refractivity contribution in [3.63, 3.8) is 0 Å². The number of hydrogen-bond donors (Lipinski definition) is 3. The molecule has 0 spiro atoms. The summed E-state index contributed by atoms with van der Waals surface area (Å²) in [4.78, 5) is 12.1. The van der Waals surface area contributed by atoms with Crippen molar-refractivity contribution >= 4 is 6.03 Å². The Hall–Kier alpha value is -1.66. The van der Waals surface area contributed by atoms with Crippen LogP contribution >= 0.6 is 0 Å². The van der Waals surface area contributed by atoms with Crippen molar-refractivity contribution in [1.29, 1.82) is 0 Å². The predicted molar refractivity (Wildman–Crippen MR) is 85.5 cm³/mol. The van der Waals surface area contributed by atoms with Gasteiger partial charge in [-0.1, -0.05) is 25.0 Å². The molecule has 1 aromatic carbocycles. The van der Waals surface area contributed by atoms with Crippen molar-refractivity contribution in [2.75, 3.05) is 20.3 Å². The third kappa shape index (κ3) is 5.18. The van der Waals surface area contributed by atoms with Gasteiger partial charge in [-0.05, 0) is 30.5 Å². The van der Waals surface area contributed by atoms with Crippen molar-refractivity contribution in [2.45, 2.75) is 37.8 Å². The van der Waals surface area contributed by atoms with Crippen LogP contribution in [0.25, 0.3) is 0 Å². The summed E-state index contributed by atoms with van der Waals surface area (Å²) in [5, 5.41) is 15.1. The molecule has 0 saturated heterocycles. The molecule has 3 atom stereocenters. The van der Waals surface area contributed by atoms with Gasteiger partial charge in [0.15, 0.2) is 0 Å². The molecule has 1 aromatic rings. The Morgan fingerprint density at radius 1 is 1.35 bits per heavy atom. The maximum atomic E-state index is 13.0. The van der Waals surface area contributed by atoms with E-state index in [0.29, 0.717) is 6.54 Å². The van der Waals surface area contributed by atoms with Crippen LogP contribution in [0.2, 0.25) is 0 Å². The van der Waals surface area contributed by atoms with E-state index >= 15 is 0 Å². The molecule has 3 N–H and O–H groups in total. The SMILES string of the molecule is COC(CNC(=O)NC1CCCCC1CO)c1ccc(F)cc1. The fourth-order valence-electron chi connectivity index (χ4n) is 3.04. The van der Waals surface area contributed by atoms with E-state index in [1.807, 2.05) is 0 Å². The minimum Gasteiger partial charge on any atom is -0.396 e. The maximum Gasteiger partial charge on any atom is 0.315 e. The zero-order valence-electron chi connectivity index (χ0n) is 13.4. The summed E-state index contributed by atoms with van der Waals surface area (Å²) in [6.45, 7) is 0.395. The van der Waals surface area contributed by atoms with Gasteiger partial charge in [0.2, 0.25) is 0 Å². The van der Waals surface area contributed by atoms with E-state index in [1.165, 1.54) is 12.1 Å². The number of hydrogen-bond acceptors (Lipinski definition) is 3. The van der Waals surface area contributed by atoms with E-state index in [-0.39, 0.29) is 36.5 Å². The molecule has 1 saturated carbocycles. The first-order valence-electron chi connectivity index (χ1n) is 8.07. The standard InChI is InChI=1S/C17H25FN2O3/c1-23-16(12-6-8-14(18)9-7-12)10-19-17(22)20-15-5-3-2-4-13(15)11-21/h6-9,13,15-16,21H,2-5,10-11H2,1H3,(H2,19,20,22). The summed E-state index contributed by atoms with van der Waals surface area (Å²) in [7, 11) is 1.55. The number of carbonyl (C=O) groups excluding carboxylic acids is 1. The number of amides is 2. The average molecular weight is 324 g/mol. The number of aliphatic hydroxyl groups is 1. The lowest BCUT2D eigenvalue weighted by Gasteiger charge is -2.31. The molecule has 5 nitrogen and oxygen atoms in total. The normalized spacial score (nSPS) is 22.4. The Balaban J connectivity index is 1.83. The highest BCUT2D eigenvalue weighted by Gasteiger charge is 2.26. The van der Waals surface area contributed by atoms with Crippen LogP contribution in [0.5, 0.6) is 0 Å². The summed E-state index contributed by atoms with van der Waals surface area (Å²) in [5.74, 6) is -0.175. The first-order chi connectivity index (χ1) is 11.1. The number of rotatable bonds is 6. The molecule has 0 aromatic heterocycles. The number of halogens is 1. The van der Waals surface area contributed by atoms with E-state index in [4.69, 9.17) is 4.74 Å². The Morgan fingerprint density at radius 3 is 2.70 bits per heavy atom. The Bertz CT molecular complexity index is 495. The number of ether oxygens (including phenoxy) is 1. The van der Waals surface area contributed by atoms with Crippen LogP contribution < -0.4 is 10.6 Å². The number of urea groups is 1. The minimum absolute atomic E-state index is 0.0144. The number of aliphatic hydroxyl groups excluding tert-OH is 1. The lowest BCUT2D eigenvalue weighted by Crippen LogP contribution is -2.48. The van der Waals surface area contributed by atoms with Crippen molar-refractivity contribution in [3.05, 3.63) is 35.6 Å². The molecule has 23 heavy (non-hydrogen) atoms. The summed E-state index contributed by atoms with van der Waals surface area (Å²) in [5.41, 5.74) is 0.806. The molecule has 2 amide bonds. The number of nitrogens with one attached hydrogen (secondary N) is 2. The molecule has 1 fully saturated rings. The lowest BCUT2D eigenvalue weighted by molar-refractivity contribution is 0.103. The molecule has 1 aliphatic carbocycles. The van der Waals surface area contributed by atoms with Crippen molar-refractivity contribution < 1.29 is 19.0 Å². The zero-order valence-corrected chi connectivity index (χ0v) is 13.4. The molecule has 128 valence electrons. The minimum atomic E-state index is -0.332. The van der Waals surface area contributed by atoms with Gasteiger partial charge in [-0.2, -0.15) is 0 Å².